The maximum absolute atomic E-state index is 12.4. The predicted octanol–water partition coefficient (Wildman–Crippen LogP) is 4.79. The lowest BCUT2D eigenvalue weighted by Crippen LogP contribution is -2.14. The Morgan fingerprint density at radius 2 is 2.07 bits per heavy atom. The molecule has 0 aliphatic rings. The number of nitrogens with one attached hydrogen (secondary N) is 1. The van der Waals surface area contributed by atoms with E-state index in [4.69, 9.17) is 21.1 Å². The topological polar surface area (TPSA) is 65.4 Å². The highest BCUT2D eigenvalue weighted by Crippen LogP contribution is 2.32. The molecule has 29 heavy (non-hydrogen) atoms. The highest BCUT2D eigenvalue weighted by molar-refractivity contribution is 6.30. The molecule has 0 spiro atoms. The molecule has 3 aromatic rings. The number of nitrogens with zero attached hydrogens (tertiary/aromatic N) is 2. The molecule has 6 nitrogen and oxygen atoms in total. The van der Waals surface area contributed by atoms with Crippen LogP contribution >= 0.6 is 11.6 Å². The number of amides is 1. The second-order valence-electron chi connectivity index (χ2n) is 6.88. The zero-order valence-corrected chi connectivity index (χ0v) is 17.4. The van der Waals surface area contributed by atoms with Crippen molar-refractivity contribution >= 4 is 23.2 Å². The molecule has 0 aliphatic carbocycles. The van der Waals surface area contributed by atoms with Gasteiger partial charge in [-0.1, -0.05) is 30.7 Å². The molecule has 3 rings (SSSR count). The molecule has 1 aromatic heterocycles. The number of halogens is 1. The van der Waals surface area contributed by atoms with E-state index in [1.165, 1.54) is 0 Å². The molecule has 0 radical (unpaired) electrons. The minimum absolute atomic E-state index is 0.000771. The summed E-state index contributed by atoms with van der Waals surface area (Å²) in [5, 5.41) is 7.61. The van der Waals surface area contributed by atoms with Crippen LogP contribution in [0.1, 0.15) is 30.4 Å². The van der Waals surface area contributed by atoms with E-state index in [0.717, 1.165) is 11.1 Å². The van der Waals surface area contributed by atoms with Crippen LogP contribution in [0.15, 0.2) is 54.9 Å². The molecule has 1 amide bonds. The molecule has 1 unspecified atom stereocenters. The van der Waals surface area contributed by atoms with Crippen LogP contribution in [-0.2, 0) is 18.4 Å². The summed E-state index contributed by atoms with van der Waals surface area (Å²) in [6, 6.07) is 12.8. The Labute approximate surface area is 175 Å². The second-order valence-corrected chi connectivity index (χ2v) is 7.32. The lowest BCUT2D eigenvalue weighted by atomic mass is 9.97. The van der Waals surface area contributed by atoms with E-state index in [2.05, 4.69) is 10.4 Å². The zero-order valence-electron chi connectivity index (χ0n) is 16.7. The van der Waals surface area contributed by atoms with Crippen molar-refractivity contribution < 1.29 is 14.3 Å². The van der Waals surface area contributed by atoms with Crippen molar-refractivity contribution in [3.05, 3.63) is 71.0 Å². The summed E-state index contributed by atoms with van der Waals surface area (Å²) in [6.45, 7) is 2.39. The lowest BCUT2D eigenvalue weighted by molar-refractivity contribution is -0.116. The molecule has 1 N–H and O–H groups in total. The second kappa shape index (κ2) is 9.47. The van der Waals surface area contributed by atoms with E-state index in [-0.39, 0.29) is 11.8 Å². The van der Waals surface area contributed by atoms with Crippen molar-refractivity contribution in [1.82, 2.24) is 9.78 Å². The van der Waals surface area contributed by atoms with E-state index in [1.807, 2.05) is 44.4 Å². The van der Waals surface area contributed by atoms with Crippen LogP contribution in [0.3, 0.4) is 0 Å². The molecule has 1 atom stereocenters. The van der Waals surface area contributed by atoms with Gasteiger partial charge in [0.2, 0.25) is 5.91 Å². The number of hydrogen-bond donors (Lipinski definition) is 1. The van der Waals surface area contributed by atoms with E-state index < -0.39 is 0 Å². The molecule has 7 heteroatoms. The van der Waals surface area contributed by atoms with Crippen molar-refractivity contribution in [1.29, 1.82) is 0 Å². The van der Waals surface area contributed by atoms with Gasteiger partial charge < -0.3 is 14.8 Å². The van der Waals surface area contributed by atoms with Gasteiger partial charge in [-0.15, -0.1) is 0 Å². The highest BCUT2D eigenvalue weighted by atomic mass is 35.5. The number of methoxy groups -OCH3 is 1. The Bertz CT molecular complexity index is 987. The molecule has 1 heterocycles. The van der Waals surface area contributed by atoms with Gasteiger partial charge in [-0.25, -0.2) is 0 Å². The number of rotatable bonds is 8. The standard InChI is InChI=1S/C22H24ClN3O3/c1-15(9-22(27)25-19-6-4-5-18(23)11-19)17-7-8-20(28-3)21(10-17)29-14-16-12-24-26(2)13-16/h4-8,10-13,15H,9,14H2,1-3H3,(H,25,27). The number of aromatic nitrogens is 2. The summed E-state index contributed by atoms with van der Waals surface area (Å²) in [4.78, 5) is 12.4. The van der Waals surface area contributed by atoms with Gasteiger partial charge in [-0.3, -0.25) is 9.48 Å². The van der Waals surface area contributed by atoms with E-state index in [1.54, 1.807) is 36.2 Å². The lowest BCUT2D eigenvalue weighted by Gasteiger charge is -2.16. The van der Waals surface area contributed by atoms with Gasteiger partial charge in [0.25, 0.3) is 0 Å². The zero-order chi connectivity index (χ0) is 20.8. The van der Waals surface area contributed by atoms with E-state index in [0.29, 0.717) is 35.2 Å². The normalized spacial score (nSPS) is 11.7. The number of anilines is 1. The fourth-order valence-electron chi connectivity index (χ4n) is 2.99. The first kappa shape index (κ1) is 20.7. The van der Waals surface area contributed by atoms with Gasteiger partial charge in [0, 0.05) is 35.9 Å². The summed E-state index contributed by atoms with van der Waals surface area (Å²) in [7, 11) is 3.47. The Morgan fingerprint density at radius 3 is 2.76 bits per heavy atom. The van der Waals surface area contributed by atoms with Crippen molar-refractivity contribution in [3.8, 4) is 11.5 Å². The van der Waals surface area contributed by atoms with Crippen LogP contribution in [0, 0.1) is 0 Å². The molecule has 0 saturated heterocycles. The molecular formula is C22H24ClN3O3. The Kier molecular flexibility index (Phi) is 6.77. The van der Waals surface area contributed by atoms with Crippen LogP contribution in [0.25, 0.3) is 0 Å². The number of benzene rings is 2. The van der Waals surface area contributed by atoms with Gasteiger partial charge in [-0.2, -0.15) is 5.10 Å². The molecule has 0 bridgehead atoms. The van der Waals surface area contributed by atoms with Crippen LogP contribution in [0.5, 0.6) is 11.5 Å². The van der Waals surface area contributed by atoms with Crippen LogP contribution < -0.4 is 14.8 Å². The first-order valence-electron chi connectivity index (χ1n) is 9.28. The highest BCUT2D eigenvalue weighted by Gasteiger charge is 2.15. The predicted molar refractivity (Wildman–Crippen MR) is 114 cm³/mol. The van der Waals surface area contributed by atoms with Crippen molar-refractivity contribution in [3.63, 3.8) is 0 Å². The maximum Gasteiger partial charge on any atom is 0.224 e. The molecule has 0 fully saturated rings. The van der Waals surface area contributed by atoms with E-state index in [9.17, 15) is 4.79 Å². The SMILES string of the molecule is COc1ccc(C(C)CC(=O)Nc2cccc(Cl)c2)cc1OCc1cnn(C)c1. The Hall–Kier alpha value is -2.99. The third-order valence-electron chi connectivity index (χ3n) is 4.51. The number of carbonyl (C=O) groups is 1. The number of aryl methyl sites for hydroxylation is 1. The molecular weight excluding hydrogens is 390 g/mol. The summed E-state index contributed by atoms with van der Waals surface area (Å²) < 4.78 is 13.1. The summed E-state index contributed by atoms with van der Waals surface area (Å²) in [5.41, 5.74) is 2.65. The minimum Gasteiger partial charge on any atom is -0.493 e. The van der Waals surface area contributed by atoms with Crippen molar-refractivity contribution in [2.24, 2.45) is 7.05 Å². The minimum atomic E-state index is -0.0755. The Morgan fingerprint density at radius 1 is 1.24 bits per heavy atom. The fraction of sp³-hybridized carbons (Fsp3) is 0.273. The first-order chi connectivity index (χ1) is 13.9. The van der Waals surface area contributed by atoms with Gasteiger partial charge in [0.1, 0.15) is 6.61 Å². The van der Waals surface area contributed by atoms with Crippen molar-refractivity contribution in [2.75, 3.05) is 12.4 Å². The largest absolute Gasteiger partial charge is 0.493 e. The van der Waals surface area contributed by atoms with Crippen LogP contribution in [-0.4, -0.2) is 22.8 Å². The van der Waals surface area contributed by atoms with Crippen LogP contribution in [0.2, 0.25) is 5.02 Å². The molecule has 0 saturated carbocycles. The third-order valence-corrected chi connectivity index (χ3v) is 4.74. The van der Waals surface area contributed by atoms with Gasteiger partial charge in [-0.05, 0) is 41.8 Å². The van der Waals surface area contributed by atoms with Gasteiger partial charge in [0.15, 0.2) is 11.5 Å². The van der Waals surface area contributed by atoms with E-state index >= 15 is 0 Å². The summed E-state index contributed by atoms with van der Waals surface area (Å²) >= 11 is 5.97. The average molecular weight is 414 g/mol. The number of carbonyl (C=O) groups excluding carboxylic acids is 1. The monoisotopic (exact) mass is 413 g/mol. The van der Waals surface area contributed by atoms with Crippen molar-refractivity contribution in [2.45, 2.75) is 25.9 Å². The molecule has 2 aromatic carbocycles. The third kappa shape index (κ3) is 5.74. The number of hydrogen-bond acceptors (Lipinski definition) is 4. The first-order valence-corrected chi connectivity index (χ1v) is 9.66. The molecule has 0 aliphatic heterocycles. The number of ether oxygens (including phenoxy) is 2. The van der Waals surface area contributed by atoms with Gasteiger partial charge in [0.05, 0.1) is 13.3 Å². The quantitative estimate of drug-likeness (QED) is 0.576. The smallest absolute Gasteiger partial charge is 0.224 e. The van der Waals surface area contributed by atoms with Gasteiger partial charge >= 0.3 is 0 Å². The summed E-state index contributed by atoms with van der Waals surface area (Å²) in [6.07, 6.45) is 4.00. The maximum atomic E-state index is 12.4. The Balaban J connectivity index is 1.66. The van der Waals surface area contributed by atoms with Crippen LogP contribution in [0.4, 0.5) is 5.69 Å². The average Bonchev–Trinajstić information content (AvgIpc) is 3.11. The summed E-state index contributed by atoms with van der Waals surface area (Å²) in [5.74, 6) is 1.21. The fourth-order valence-corrected chi connectivity index (χ4v) is 3.18. The molecule has 152 valence electrons.